The maximum atomic E-state index is 12.5. The van der Waals surface area contributed by atoms with Gasteiger partial charge in [0.2, 0.25) is 11.6 Å². The van der Waals surface area contributed by atoms with Crippen LogP contribution in [0, 0.1) is 0 Å². The van der Waals surface area contributed by atoms with Crippen LogP contribution in [0.4, 0.5) is 0 Å². The molecule has 1 aromatic carbocycles. The van der Waals surface area contributed by atoms with E-state index >= 15 is 0 Å². The number of nitrogens with zero attached hydrogens (tertiary/aromatic N) is 2. The van der Waals surface area contributed by atoms with Crippen molar-refractivity contribution in [2.75, 3.05) is 31.4 Å². The molecule has 0 amide bonds. The van der Waals surface area contributed by atoms with Gasteiger partial charge in [0.1, 0.15) is 0 Å². The molecule has 0 radical (unpaired) electrons. The van der Waals surface area contributed by atoms with E-state index in [-0.39, 0.29) is 30.2 Å². The van der Waals surface area contributed by atoms with E-state index in [0.29, 0.717) is 36.8 Å². The third-order valence-electron chi connectivity index (χ3n) is 5.37. The minimum atomic E-state index is -0.360. The van der Waals surface area contributed by atoms with Crippen molar-refractivity contribution < 1.29 is 9.59 Å². The highest BCUT2D eigenvalue weighted by Gasteiger charge is 2.35. The Labute approximate surface area is 176 Å². The fourth-order valence-corrected chi connectivity index (χ4v) is 4.43. The van der Waals surface area contributed by atoms with Crippen molar-refractivity contribution >= 4 is 34.8 Å². The lowest BCUT2D eigenvalue weighted by molar-refractivity contribution is -0.135. The van der Waals surface area contributed by atoms with Crippen molar-refractivity contribution in [3.8, 4) is 0 Å². The zero-order valence-corrected chi connectivity index (χ0v) is 17.4. The summed E-state index contributed by atoms with van der Waals surface area (Å²) in [5.41, 5.74) is 1.82. The number of alkyl halides is 2. The molecule has 0 saturated carbocycles. The molecule has 1 heterocycles. The lowest BCUT2D eigenvalue weighted by Gasteiger charge is -2.45. The van der Waals surface area contributed by atoms with Gasteiger partial charge in [0.25, 0.3) is 0 Å². The Bertz CT molecular complexity index is 734. The van der Waals surface area contributed by atoms with Crippen LogP contribution in [0.25, 0.3) is 0 Å². The number of halogens is 2. The Morgan fingerprint density at radius 1 is 1.04 bits per heavy atom. The SMILES string of the molecule is O=C(CN1CC(CCl)N(Cc2ccccc2)[C@H](CCl)C1)C(=O)C1=CC=CCC1. The predicted octanol–water partition coefficient (Wildman–Crippen LogP) is 3.43. The van der Waals surface area contributed by atoms with E-state index < -0.39 is 0 Å². The van der Waals surface area contributed by atoms with Gasteiger partial charge >= 0.3 is 0 Å². The maximum absolute atomic E-state index is 12.5. The molecule has 1 saturated heterocycles. The van der Waals surface area contributed by atoms with Gasteiger partial charge in [-0.2, -0.15) is 0 Å². The Kier molecular flexibility index (Phi) is 7.86. The first-order chi connectivity index (χ1) is 13.6. The Morgan fingerprint density at radius 3 is 2.29 bits per heavy atom. The van der Waals surface area contributed by atoms with E-state index in [0.717, 1.165) is 13.0 Å². The standard InChI is InChI=1S/C22H26Cl2N2O2/c23-11-19-14-25(16-21(27)22(28)18-9-5-2-6-10-18)15-20(12-24)26(19)13-17-7-3-1-4-8-17/h1-5,7-9,19-20H,6,10-16H2/t19-,20?/m1/s1. The van der Waals surface area contributed by atoms with Crippen LogP contribution in [0.5, 0.6) is 0 Å². The van der Waals surface area contributed by atoms with Crippen LogP contribution in [0.15, 0.2) is 54.1 Å². The monoisotopic (exact) mass is 420 g/mol. The van der Waals surface area contributed by atoms with E-state index in [1.165, 1.54) is 5.56 Å². The van der Waals surface area contributed by atoms with E-state index in [1.807, 2.05) is 35.3 Å². The van der Waals surface area contributed by atoms with Crippen molar-refractivity contribution in [2.45, 2.75) is 31.5 Å². The first-order valence-corrected chi connectivity index (χ1v) is 10.8. The quantitative estimate of drug-likeness (QED) is 0.477. The van der Waals surface area contributed by atoms with Gasteiger partial charge in [-0.25, -0.2) is 0 Å². The molecule has 0 bridgehead atoms. The molecule has 3 rings (SSSR count). The number of hydrogen-bond acceptors (Lipinski definition) is 4. The average Bonchev–Trinajstić information content (AvgIpc) is 2.75. The van der Waals surface area contributed by atoms with Crippen molar-refractivity contribution in [3.63, 3.8) is 0 Å². The van der Waals surface area contributed by atoms with Gasteiger partial charge < -0.3 is 0 Å². The lowest BCUT2D eigenvalue weighted by atomic mass is 9.98. The molecule has 4 nitrogen and oxygen atoms in total. The molecular weight excluding hydrogens is 395 g/mol. The molecule has 2 atom stereocenters. The van der Waals surface area contributed by atoms with Crippen LogP contribution in [0.1, 0.15) is 18.4 Å². The summed E-state index contributed by atoms with van der Waals surface area (Å²) in [7, 11) is 0. The van der Waals surface area contributed by atoms with Crippen LogP contribution in [-0.4, -0.2) is 64.8 Å². The number of hydrogen-bond donors (Lipinski definition) is 0. The van der Waals surface area contributed by atoms with Crippen LogP contribution in [0.2, 0.25) is 0 Å². The lowest BCUT2D eigenvalue weighted by Crippen LogP contribution is -2.60. The van der Waals surface area contributed by atoms with E-state index in [1.54, 1.807) is 6.08 Å². The van der Waals surface area contributed by atoms with Gasteiger partial charge in [-0.3, -0.25) is 19.4 Å². The van der Waals surface area contributed by atoms with Gasteiger partial charge in [0.15, 0.2) is 0 Å². The Hall–Kier alpha value is -1.46. The van der Waals surface area contributed by atoms with Crippen molar-refractivity contribution in [3.05, 3.63) is 59.7 Å². The summed E-state index contributed by atoms with van der Waals surface area (Å²) in [5.74, 6) is 0.199. The normalized spacial score (nSPS) is 23.4. The summed E-state index contributed by atoms with van der Waals surface area (Å²) in [6.07, 6.45) is 7.06. The second-order valence-corrected chi connectivity index (χ2v) is 8.00. The van der Waals surface area contributed by atoms with Crippen LogP contribution in [-0.2, 0) is 16.1 Å². The number of benzene rings is 1. The van der Waals surface area contributed by atoms with Gasteiger partial charge in [-0.15, -0.1) is 23.2 Å². The summed E-state index contributed by atoms with van der Waals surface area (Å²) in [4.78, 5) is 29.3. The topological polar surface area (TPSA) is 40.6 Å². The molecule has 6 heteroatoms. The Balaban J connectivity index is 1.65. The van der Waals surface area contributed by atoms with E-state index in [4.69, 9.17) is 23.2 Å². The highest BCUT2D eigenvalue weighted by Crippen LogP contribution is 2.22. The highest BCUT2D eigenvalue weighted by molar-refractivity contribution is 6.44. The predicted molar refractivity (Wildman–Crippen MR) is 114 cm³/mol. The van der Waals surface area contributed by atoms with Crippen LogP contribution < -0.4 is 0 Å². The highest BCUT2D eigenvalue weighted by atomic mass is 35.5. The summed E-state index contributed by atoms with van der Waals surface area (Å²) < 4.78 is 0. The molecule has 2 aliphatic rings. The second kappa shape index (κ2) is 10.4. The largest absolute Gasteiger partial charge is 0.292 e. The van der Waals surface area contributed by atoms with Crippen molar-refractivity contribution in [1.29, 1.82) is 0 Å². The van der Waals surface area contributed by atoms with Gasteiger partial charge in [-0.05, 0) is 18.4 Å². The van der Waals surface area contributed by atoms with Gasteiger partial charge in [-0.1, -0.05) is 48.6 Å². The summed E-state index contributed by atoms with van der Waals surface area (Å²) in [6, 6.07) is 10.4. The number of carbonyl (C=O) groups excluding carboxylic acids is 2. The van der Waals surface area contributed by atoms with Crippen LogP contribution in [0.3, 0.4) is 0 Å². The minimum absolute atomic E-state index is 0.0825. The molecule has 1 unspecified atom stereocenters. The molecule has 150 valence electrons. The zero-order valence-electron chi connectivity index (χ0n) is 15.9. The second-order valence-electron chi connectivity index (χ2n) is 7.38. The van der Waals surface area contributed by atoms with Gasteiger partial charge in [0.05, 0.1) is 6.54 Å². The molecule has 0 N–H and O–H groups in total. The fourth-order valence-electron chi connectivity index (χ4n) is 3.88. The molecule has 0 spiro atoms. The summed E-state index contributed by atoms with van der Waals surface area (Å²) >= 11 is 12.5. The zero-order chi connectivity index (χ0) is 19.9. The molecule has 1 aliphatic carbocycles. The molecule has 1 aromatic rings. The summed E-state index contributed by atoms with van der Waals surface area (Å²) in [5, 5.41) is 0. The molecule has 1 fully saturated rings. The van der Waals surface area contributed by atoms with Crippen LogP contribution >= 0.6 is 23.2 Å². The molecule has 1 aliphatic heterocycles. The minimum Gasteiger partial charge on any atom is -0.292 e. The summed E-state index contributed by atoms with van der Waals surface area (Å²) in [6.45, 7) is 2.21. The number of piperazine rings is 1. The van der Waals surface area contributed by atoms with E-state index in [2.05, 4.69) is 17.0 Å². The molecular formula is C22H26Cl2N2O2. The van der Waals surface area contributed by atoms with Crippen molar-refractivity contribution in [1.82, 2.24) is 9.80 Å². The maximum Gasteiger partial charge on any atom is 0.225 e. The number of ketones is 2. The van der Waals surface area contributed by atoms with Crippen molar-refractivity contribution in [2.24, 2.45) is 0 Å². The smallest absolute Gasteiger partial charge is 0.225 e. The third-order valence-corrected chi connectivity index (χ3v) is 6.08. The third kappa shape index (κ3) is 5.32. The fraction of sp³-hybridized carbons (Fsp3) is 0.455. The molecule has 28 heavy (non-hydrogen) atoms. The first kappa shape index (κ1) is 21.3. The van der Waals surface area contributed by atoms with Gasteiger partial charge in [0, 0.05) is 49.1 Å². The average molecular weight is 421 g/mol. The first-order valence-electron chi connectivity index (χ1n) is 9.69. The number of Topliss-reactive ketones (excluding diaryl/α,β-unsaturated/α-hetero) is 2. The van der Waals surface area contributed by atoms with E-state index in [9.17, 15) is 9.59 Å². The number of rotatable bonds is 8. The number of carbonyl (C=O) groups is 2. The Morgan fingerprint density at radius 2 is 1.71 bits per heavy atom. The number of allylic oxidation sites excluding steroid dienone is 4. The molecule has 0 aromatic heterocycles.